The van der Waals surface area contributed by atoms with E-state index in [0.717, 1.165) is 15.3 Å². The number of carbonyl (C=O) groups is 2. The van der Waals surface area contributed by atoms with Crippen molar-refractivity contribution in [2.45, 2.75) is 6.92 Å². The summed E-state index contributed by atoms with van der Waals surface area (Å²) in [6.07, 6.45) is -0.759. The summed E-state index contributed by atoms with van der Waals surface area (Å²) >= 11 is 7.67. The van der Waals surface area contributed by atoms with E-state index < -0.39 is 6.16 Å². The van der Waals surface area contributed by atoms with Gasteiger partial charge in [0.05, 0.1) is 16.8 Å². The summed E-state index contributed by atoms with van der Waals surface area (Å²) in [5, 5.41) is 1.65. The lowest BCUT2D eigenvalue weighted by atomic mass is 10.1. The zero-order valence-electron chi connectivity index (χ0n) is 16.3. The molecule has 0 aliphatic carbocycles. The number of anilines is 1. The highest BCUT2D eigenvalue weighted by Crippen LogP contribution is 2.31. The van der Waals surface area contributed by atoms with E-state index in [1.807, 2.05) is 23.1 Å². The summed E-state index contributed by atoms with van der Waals surface area (Å²) in [5.74, 6) is 0.291. The fourth-order valence-electron chi connectivity index (χ4n) is 3.21. The second-order valence-electron chi connectivity index (χ2n) is 6.70. The van der Waals surface area contributed by atoms with Crippen LogP contribution in [-0.4, -0.2) is 54.7 Å². The lowest BCUT2D eigenvalue weighted by Gasteiger charge is -2.34. The van der Waals surface area contributed by atoms with Gasteiger partial charge in [-0.05, 0) is 49.4 Å². The van der Waals surface area contributed by atoms with Crippen LogP contribution >= 0.6 is 22.9 Å². The molecule has 1 fully saturated rings. The normalized spacial score (nSPS) is 14.1. The molecule has 0 spiro atoms. The number of amides is 1. The summed E-state index contributed by atoms with van der Waals surface area (Å²) in [6, 6.07) is 12.2. The molecule has 0 unspecified atom stereocenters. The predicted molar refractivity (Wildman–Crippen MR) is 117 cm³/mol. The Hall–Kier alpha value is -2.84. The number of fused-ring (bicyclic) bond motifs is 1. The Morgan fingerprint density at radius 3 is 2.53 bits per heavy atom. The van der Waals surface area contributed by atoms with Crippen molar-refractivity contribution in [2.75, 3.05) is 37.7 Å². The third-order valence-electron chi connectivity index (χ3n) is 4.74. The number of benzene rings is 2. The van der Waals surface area contributed by atoms with Crippen LogP contribution in [0.15, 0.2) is 42.5 Å². The monoisotopic (exact) mass is 445 g/mol. The van der Waals surface area contributed by atoms with Crippen molar-refractivity contribution in [1.82, 2.24) is 9.88 Å². The SMILES string of the molecule is CCOC(=O)Oc1ccc(C(=O)N2CCN(c3nc4ccc(Cl)cc4s3)CC2)cc1. The van der Waals surface area contributed by atoms with Gasteiger partial charge in [0.25, 0.3) is 5.91 Å². The molecule has 0 N–H and O–H groups in total. The van der Waals surface area contributed by atoms with Gasteiger partial charge in [-0.1, -0.05) is 22.9 Å². The zero-order valence-corrected chi connectivity index (χ0v) is 17.9. The maximum Gasteiger partial charge on any atom is 0.513 e. The number of aromatic nitrogens is 1. The Morgan fingerprint density at radius 2 is 1.83 bits per heavy atom. The first-order chi connectivity index (χ1) is 14.5. The number of nitrogens with zero attached hydrogens (tertiary/aromatic N) is 3. The van der Waals surface area contributed by atoms with Gasteiger partial charge in [0, 0.05) is 36.8 Å². The minimum atomic E-state index is -0.759. The topological polar surface area (TPSA) is 72.0 Å². The Kier molecular flexibility index (Phi) is 6.06. The number of thiazole rings is 1. The van der Waals surface area contributed by atoms with Gasteiger partial charge in [0.2, 0.25) is 0 Å². The maximum atomic E-state index is 12.8. The third kappa shape index (κ3) is 4.49. The van der Waals surface area contributed by atoms with Crippen molar-refractivity contribution < 1.29 is 19.1 Å². The predicted octanol–water partition coefficient (Wildman–Crippen LogP) is 4.45. The molecular weight excluding hydrogens is 426 g/mol. The molecule has 1 saturated heterocycles. The van der Waals surface area contributed by atoms with Crippen molar-refractivity contribution in [2.24, 2.45) is 0 Å². The van der Waals surface area contributed by atoms with E-state index in [4.69, 9.17) is 21.1 Å². The van der Waals surface area contributed by atoms with Crippen molar-refractivity contribution in [3.8, 4) is 5.75 Å². The number of rotatable bonds is 4. The Bertz CT molecular complexity index is 1060. The lowest BCUT2D eigenvalue weighted by molar-refractivity contribution is 0.0746. The van der Waals surface area contributed by atoms with Gasteiger partial charge in [0.15, 0.2) is 5.13 Å². The molecule has 156 valence electrons. The molecule has 30 heavy (non-hydrogen) atoms. The summed E-state index contributed by atoms with van der Waals surface area (Å²) in [4.78, 5) is 32.9. The second-order valence-corrected chi connectivity index (χ2v) is 8.14. The van der Waals surface area contributed by atoms with Crippen LogP contribution in [0, 0.1) is 0 Å². The summed E-state index contributed by atoms with van der Waals surface area (Å²) in [5.41, 5.74) is 1.48. The molecule has 0 saturated carbocycles. The van der Waals surface area contributed by atoms with E-state index >= 15 is 0 Å². The first kappa shape index (κ1) is 20.4. The van der Waals surface area contributed by atoms with Gasteiger partial charge < -0.3 is 19.3 Å². The molecule has 7 nitrogen and oxygen atoms in total. The second kappa shape index (κ2) is 8.89. The van der Waals surface area contributed by atoms with Crippen LogP contribution in [-0.2, 0) is 4.74 Å². The third-order valence-corrected chi connectivity index (χ3v) is 6.06. The quantitative estimate of drug-likeness (QED) is 0.436. The summed E-state index contributed by atoms with van der Waals surface area (Å²) in [6.45, 7) is 4.58. The van der Waals surface area contributed by atoms with Crippen molar-refractivity contribution in [1.29, 1.82) is 0 Å². The van der Waals surface area contributed by atoms with Crippen LogP contribution in [0.1, 0.15) is 17.3 Å². The van der Waals surface area contributed by atoms with Gasteiger partial charge in [0.1, 0.15) is 5.75 Å². The molecule has 1 amide bonds. The highest BCUT2D eigenvalue weighted by molar-refractivity contribution is 7.22. The molecule has 0 atom stereocenters. The first-order valence-corrected chi connectivity index (χ1v) is 10.8. The zero-order chi connectivity index (χ0) is 21.1. The van der Waals surface area contributed by atoms with Crippen LogP contribution in [0.4, 0.5) is 9.93 Å². The molecule has 2 heterocycles. The Morgan fingerprint density at radius 1 is 1.10 bits per heavy atom. The summed E-state index contributed by atoms with van der Waals surface area (Å²) < 4.78 is 10.8. The summed E-state index contributed by atoms with van der Waals surface area (Å²) in [7, 11) is 0. The van der Waals surface area contributed by atoms with Crippen molar-refractivity contribution in [3.05, 3.63) is 53.1 Å². The van der Waals surface area contributed by atoms with E-state index in [-0.39, 0.29) is 12.5 Å². The average molecular weight is 446 g/mol. The first-order valence-electron chi connectivity index (χ1n) is 9.58. The standard InChI is InChI=1S/C21H20ClN3O4S/c1-2-28-21(27)29-16-6-3-14(4-7-16)19(26)24-9-11-25(12-10-24)20-23-17-8-5-15(22)13-18(17)30-20/h3-8,13H,2,9-12H2,1H3. The number of piperazine rings is 1. The van der Waals surface area contributed by atoms with Gasteiger partial charge in [-0.15, -0.1) is 0 Å². The van der Waals surface area contributed by atoms with Crippen LogP contribution in [0.2, 0.25) is 5.02 Å². The fourth-order valence-corrected chi connectivity index (χ4v) is 4.51. The fraction of sp³-hybridized carbons (Fsp3) is 0.286. The maximum absolute atomic E-state index is 12.8. The Balaban J connectivity index is 1.36. The molecule has 2 aromatic carbocycles. The largest absolute Gasteiger partial charge is 0.513 e. The van der Waals surface area contributed by atoms with E-state index in [1.165, 1.54) is 0 Å². The van der Waals surface area contributed by atoms with Crippen LogP contribution in [0.25, 0.3) is 10.2 Å². The van der Waals surface area contributed by atoms with Gasteiger partial charge in [-0.2, -0.15) is 0 Å². The molecule has 4 rings (SSSR count). The minimum absolute atomic E-state index is 0.0478. The number of hydrogen-bond donors (Lipinski definition) is 0. The lowest BCUT2D eigenvalue weighted by Crippen LogP contribution is -2.48. The van der Waals surface area contributed by atoms with Gasteiger partial charge >= 0.3 is 6.16 Å². The molecule has 1 aliphatic heterocycles. The smallest absolute Gasteiger partial charge is 0.434 e. The molecule has 1 aromatic heterocycles. The Labute approximate surface area is 182 Å². The molecule has 0 radical (unpaired) electrons. The van der Waals surface area contributed by atoms with Crippen molar-refractivity contribution in [3.63, 3.8) is 0 Å². The highest BCUT2D eigenvalue weighted by Gasteiger charge is 2.24. The van der Waals surface area contributed by atoms with Crippen molar-refractivity contribution >= 4 is 50.3 Å². The van der Waals surface area contributed by atoms with E-state index in [1.54, 1.807) is 42.5 Å². The molecular formula is C21H20ClN3O4S. The van der Waals surface area contributed by atoms with Crippen LogP contribution < -0.4 is 9.64 Å². The van der Waals surface area contributed by atoms with Gasteiger partial charge in [-0.3, -0.25) is 4.79 Å². The van der Waals surface area contributed by atoms with E-state index in [9.17, 15) is 9.59 Å². The minimum Gasteiger partial charge on any atom is -0.434 e. The molecule has 1 aliphatic rings. The van der Waals surface area contributed by atoms with Crippen LogP contribution in [0.3, 0.4) is 0 Å². The molecule has 3 aromatic rings. The number of halogens is 1. The number of hydrogen-bond acceptors (Lipinski definition) is 7. The number of carbonyl (C=O) groups excluding carboxylic acids is 2. The molecule has 9 heteroatoms. The number of ether oxygens (including phenoxy) is 2. The van der Waals surface area contributed by atoms with E-state index in [2.05, 4.69) is 9.88 Å². The highest BCUT2D eigenvalue weighted by atomic mass is 35.5. The van der Waals surface area contributed by atoms with Gasteiger partial charge in [-0.25, -0.2) is 9.78 Å². The van der Waals surface area contributed by atoms with Crippen LogP contribution in [0.5, 0.6) is 5.75 Å². The average Bonchev–Trinajstić information content (AvgIpc) is 3.17. The molecule has 0 bridgehead atoms. The van der Waals surface area contributed by atoms with E-state index in [0.29, 0.717) is 42.5 Å².